The first-order valence-electron chi connectivity index (χ1n) is 16.8. The fraction of sp³-hybridized carbons (Fsp3) is 0.500. The van der Waals surface area contributed by atoms with Gasteiger partial charge in [0.25, 0.3) is 0 Å². The highest BCUT2D eigenvalue weighted by molar-refractivity contribution is 5.69. The van der Waals surface area contributed by atoms with E-state index in [0.717, 1.165) is 16.7 Å². The summed E-state index contributed by atoms with van der Waals surface area (Å²) in [4.78, 5) is 11.2. The van der Waals surface area contributed by atoms with Gasteiger partial charge in [-0.3, -0.25) is 4.79 Å². The van der Waals surface area contributed by atoms with Gasteiger partial charge in [-0.05, 0) is 23.6 Å². The maximum absolute atomic E-state index is 11.2. The molecule has 0 amide bonds. The van der Waals surface area contributed by atoms with Gasteiger partial charge in [0.2, 0.25) is 0 Å². The molecular formula is C38H52O10. The lowest BCUT2D eigenvalue weighted by Crippen LogP contribution is -2.34. The van der Waals surface area contributed by atoms with Crippen molar-refractivity contribution in [1.82, 2.24) is 0 Å². The fourth-order valence-electron chi connectivity index (χ4n) is 4.83. The Morgan fingerprint density at radius 3 is 1.04 bits per heavy atom. The molecular weight excluding hydrogens is 616 g/mol. The normalized spacial score (nSPS) is 11.5. The first-order valence-corrected chi connectivity index (χ1v) is 16.8. The zero-order valence-electron chi connectivity index (χ0n) is 28.3. The molecule has 0 aromatic heterocycles. The Morgan fingerprint density at radius 2 is 0.729 bits per heavy atom. The predicted octanol–water partition coefficient (Wildman–Crippen LogP) is 5.06. The third-order valence-electron chi connectivity index (χ3n) is 7.08. The summed E-state index contributed by atoms with van der Waals surface area (Å²) in [6.07, 6.45) is 0.256. The van der Waals surface area contributed by atoms with E-state index in [1.54, 1.807) is 6.92 Å². The fourth-order valence-corrected chi connectivity index (χ4v) is 4.83. The van der Waals surface area contributed by atoms with Crippen LogP contribution < -0.4 is 0 Å². The molecule has 0 aliphatic rings. The van der Waals surface area contributed by atoms with Crippen molar-refractivity contribution in [3.63, 3.8) is 0 Å². The molecule has 0 aliphatic heterocycles. The zero-order valence-corrected chi connectivity index (χ0v) is 28.3. The second-order valence-corrected chi connectivity index (χ2v) is 10.5. The van der Waals surface area contributed by atoms with E-state index < -0.39 is 5.60 Å². The van der Waals surface area contributed by atoms with Crippen molar-refractivity contribution in [3.05, 3.63) is 108 Å². The van der Waals surface area contributed by atoms with E-state index in [0.29, 0.717) is 106 Å². The van der Waals surface area contributed by atoms with Crippen LogP contribution in [0.1, 0.15) is 30.0 Å². The molecule has 0 fully saturated rings. The summed E-state index contributed by atoms with van der Waals surface area (Å²) in [6, 6.07) is 30.9. The van der Waals surface area contributed by atoms with Crippen molar-refractivity contribution in [2.75, 3.05) is 106 Å². The number of benzene rings is 3. The summed E-state index contributed by atoms with van der Waals surface area (Å²) in [6.45, 7) is 9.05. The molecule has 0 atom stereocenters. The van der Waals surface area contributed by atoms with Gasteiger partial charge >= 0.3 is 5.97 Å². The molecule has 3 rings (SSSR count). The molecule has 3 aromatic carbocycles. The quantitative estimate of drug-likeness (QED) is 0.0567. The number of esters is 1. The number of hydrogen-bond donors (Lipinski definition) is 0. The van der Waals surface area contributed by atoms with Crippen molar-refractivity contribution in [2.24, 2.45) is 0 Å². The van der Waals surface area contributed by atoms with E-state index in [9.17, 15) is 4.79 Å². The Kier molecular flexibility index (Phi) is 21.1. The van der Waals surface area contributed by atoms with E-state index >= 15 is 0 Å². The van der Waals surface area contributed by atoms with Crippen LogP contribution in [0.25, 0.3) is 0 Å². The lowest BCUT2D eigenvalue weighted by molar-refractivity contribution is -0.144. The number of ether oxygens (including phenoxy) is 9. The summed E-state index contributed by atoms with van der Waals surface area (Å²) >= 11 is 0. The number of carbonyl (C=O) groups excluding carboxylic acids is 1. The maximum Gasteiger partial charge on any atom is 0.308 e. The first-order chi connectivity index (χ1) is 23.8. The molecule has 48 heavy (non-hydrogen) atoms. The lowest BCUT2D eigenvalue weighted by Gasteiger charge is -2.36. The van der Waals surface area contributed by atoms with E-state index in [1.165, 1.54) is 0 Å². The van der Waals surface area contributed by atoms with Gasteiger partial charge < -0.3 is 42.6 Å². The van der Waals surface area contributed by atoms with Crippen LogP contribution in [0.3, 0.4) is 0 Å². The minimum atomic E-state index is -0.752. The van der Waals surface area contributed by atoms with Gasteiger partial charge in [-0.25, -0.2) is 0 Å². The molecule has 0 heterocycles. The van der Waals surface area contributed by atoms with Crippen LogP contribution in [-0.4, -0.2) is 112 Å². The van der Waals surface area contributed by atoms with Crippen LogP contribution in [0.2, 0.25) is 0 Å². The summed E-state index contributed by atoms with van der Waals surface area (Å²) in [5.74, 6) is -0.250. The Bertz CT molecular complexity index is 1080. The largest absolute Gasteiger partial charge is 0.466 e. The van der Waals surface area contributed by atoms with Crippen molar-refractivity contribution in [2.45, 2.75) is 18.9 Å². The standard InChI is InChI=1S/C38H52O10/c1-2-47-37(39)18-19-40-20-21-41-22-23-42-24-25-43-26-27-44-28-29-45-30-31-46-32-33-48-38(34-12-6-3-7-13-34,35-14-8-4-9-15-35)36-16-10-5-11-17-36/h3-17H,2,18-33H2,1H3. The Balaban J connectivity index is 1.15. The topological polar surface area (TPSA) is 100 Å². The van der Waals surface area contributed by atoms with Crippen LogP contribution in [-0.2, 0) is 53.0 Å². The van der Waals surface area contributed by atoms with Crippen LogP contribution in [0.4, 0.5) is 0 Å². The smallest absolute Gasteiger partial charge is 0.308 e. The van der Waals surface area contributed by atoms with Gasteiger partial charge in [-0.15, -0.1) is 0 Å². The van der Waals surface area contributed by atoms with Crippen molar-refractivity contribution >= 4 is 5.97 Å². The Hall–Kier alpha value is -3.19. The molecule has 0 spiro atoms. The van der Waals surface area contributed by atoms with Gasteiger partial charge in [0.1, 0.15) is 5.60 Å². The van der Waals surface area contributed by atoms with Crippen molar-refractivity contribution < 1.29 is 47.4 Å². The van der Waals surface area contributed by atoms with Crippen LogP contribution in [0.5, 0.6) is 0 Å². The average molecular weight is 669 g/mol. The maximum atomic E-state index is 11.2. The van der Waals surface area contributed by atoms with Crippen molar-refractivity contribution in [3.8, 4) is 0 Å². The third kappa shape index (κ3) is 15.4. The Labute approximate surface area is 285 Å². The van der Waals surface area contributed by atoms with Gasteiger partial charge in [0.15, 0.2) is 0 Å². The highest BCUT2D eigenvalue weighted by Gasteiger charge is 2.37. The van der Waals surface area contributed by atoms with Gasteiger partial charge in [-0.1, -0.05) is 91.0 Å². The number of carbonyl (C=O) groups is 1. The minimum absolute atomic E-state index is 0.250. The highest BCUT2D eigenvalue weighted by atomic mass is 16.6. The molecule has 0 aliphatic carbocycles. The monoisotopic (exact) mass is 668 g/mol. The lowest BCUT2D eigenvalue weighted by atomic mass is 9.80. The SMILES string of the molecule is CCOC(=O)CCOCCOCCOCCOCCOCCOCCOCCOC(c1ccccc1)(c1ccccc1)c1ccccc1. The molecule has 0 saturated heterocycles. The molecule has 0 radical (unpaired) electrons. The predicted molar refractivity (Wildman–Crippen MR) is 182 cm³/mol. The molecule has 3 aromatic rings. The third-order valence-corrected chi connectivity index (χ3v) is 7.08. The molecule has 0 unspecified atom stereocenters. The van der Waals surface area contributed by atoms with E-state index in [2.05, 4.69) is 36.4 Å². The van der Waals surface area contributed by atoms with E-state index in [4.69, 9.17) is 42.6 Å². The Morgan fingerprint density at radius 1 is 0.438 bits per heavy atom. The van der Waals surface area contributed by atoms with Crippen LogP contribution >= 0.6 is 0 Å². The first kappa shape index (κ1) is 39.3. The summed E-state index contributed by atoms with van der Waals surface area (Å²) in [5.41, 5.74) is 2.44. The van der Waals surface area contributed by atoms with Gasteiger partial charge in [0.05, 0.1) is 112 Å². The average Bonchev–Trinajstić information content (AvgIpc) is 3.13. The van der Waals surface area contributed by atoms with Gasteiger partial charge in [-0.2, -0.15) is 0 Å². The molecule has 10 heteroatoms. The second-order valence-electron chi connectivity index (χ2n) is 10.5. The number of rotatable bonds is 29. The highest BCUT2D eigenvalue weighted by Crippen LogP contribution is 2.40. The van der Waals surface area contributed by atoms with E-state index in [-0.39, 0.29) is 12.4 Å². The minimum Gasteiger partial charge on any atom is -0.466 e. The summed E-state index contributed by atoms with van der Waals surface area (Å²) < 4.78 is 50.3. The second kappa shape index (κ2) is 25.8. The van der Waals surface area contributed by atoms with Crippen LogP contribution in [0.15, 0.2) is 91.0 Å². The molecule has 10 nitrogen and oxygen atoms in total. The van der Waals surface area contributed by atoms with Crippen LogP contribution in [0, 0.1) is 0 Å². The zero-order chi connectivity index (χ0) is 33.8. The molecule has 0 saturated carbocycles. The summed E-state index contributed by atoms with van der Waals surface area (Å²) in [5, 5.41) is 0. The van der Waals surface area contributed by atoms with Crippen molar-refractivity contribution in [1.29, 1.82) is 0 Å². The molecule has 264 valence electrons. The molecule has 0 bridgehead atoms. The van der Waals surface area contributed by atoms with E-state index in [1.807, 2.05) is 54.6 Å². The number of hydrogen-bond acceptors (Lipinski definition) is 10. The van der Waals surface area contributed by atoms with Gasteiger partial charge in [0, 0.05) is 0 Å². The molecule has 0 N–H and O–H groups in total. The summed E-state index contributed by atoms with van der Waals surface area (Å²) in [7, 11) is 0.